The number of carbonyl (C=O) groups is 3. The quantitative estimate of drug-likeness (QED) is 0.0448. The summed E-state index contributed by atoms with van der Waals surface area (Å²) in [6.07, 6.45) is 6.04. The van der Waals surface area contributed by atoms with Crippen molar-refractivity contribution in [1.82, 2.24) is 19.9 Å². The van der Waals surface area contributed by atoms with Gasteiger partial charge in [-0.15, -0.1) is 0 Å². The van der Waals surface area contributed by atoms with Crippen LogP contribution in [0.2, 0.25) is 0 Å². The number of pyridine rings is 1. The Kier molecular flexibility index (Phi) is 15.1. The number of unbranched alkanes of at least 4 members (excludes halogenated alkanes) is 3. The number of aliphatic carboxylic acids is 1. The molecule has 0 radical (unpaired) electrons. The molecular weight excluding hydrogens is 678 g/mol. The van der Waals surface area contributed by atoms with Gasteiger partial charge in [-0.2, -0.15) is 8.42 Å². The molecule has 5 N–H and O–H groups in total. The molecule has 0 aliphatic carbocycles. The Labute approximate surface area is 297 Å². The van der Waals surface area contributed by atoms with Gasteiger partial charge in [0.05, 0.1) is 36.4 Å². The zero-order chi connectivity index (χ0) is 37.6. The van der Waals surface area contributed by atoms with E-state index >= 15 is 0 Å². The van der Waals surface area contributed by atoms with Crippen molar-refractivity contribution in [2.45, 2.75) is 52.5 Å². The van der Waals surface area contributed by atoms with Crippen LogP contribution in [0.4, 0.5) is 16.3 Å². The minimum Gasteiger partial charge on any atom is -0.481 e. The van der Waals surface area contributed by atoms with Crippen LogP contribution in [0.1, 0.15) is 67.7 Å². The van der Waals surface area contributed by atoms with Crippen molar-refractivity contribution < 1.29 is 37.2 Å². The Balaban J connectivity index is 0.00000131. The van der Waals surface area contributed by atoms with Gasteiger partial charge in [0, 0.05) is 36.6 Å². The van der Waals surface area contributed by atoms with E-state index in [1.165, 1.54) is 4.90 Å². The van der Waals surface area contributed by atoms with E-state index in [2.05, 4.69) is 22.5 Å². The first-order chi connectivity index (χ1) is 24.2. The summed E-state index contributed by atoms with van der Waals surface area (Å²) in [5.74, 6) is -0.983. The molecule has 4 aromatic rings. The summed E-state index contributed by atoms with van der Waals surface area (Å²) in [5.41, 5.74) is 3.18. The molecule has 1 atom stereocenters. The molecule has 1 unspecified atom stereocenters. The molecule has 0 spiro atoms. The number of amides is 2. The Bertz CT molecular complexity index is 1890. The second-order valence-electron chi connectivity index (χ2n) is 11.7. The van der Waals surface area contributed by atoms with Gasteiger partial charge in [-0.3, -0.25) is 29.8 Å². The van der Waals surface area contributed by atoms with Crippen molar-refractivity contribution in [3.05, 3.63) is 83.8 Å². The fourth-order valence-corrected chi connectivity index (χ4v) is 4.93. The van der Waals surface area contributed by atoms with Crippen LogP contribution in [-0.4, -0.2) is 75.8 Å². The van der Waals surface area contributed by atoms with E-state index in [1.807, 2.05) is 29.8 Å². The fourth-order valence-electron chi connectivity index (χ4n) is 4.93. The first-order valence-corrected chi connectivity index (χ1v) is 18.3. The predicted molar refractivity (Wildman–Crippen MR) is 195 cm³/mol. The Morgan fingerprint density at radius 1 is 1.02 bits per heavy atom. The second-order valence-corrected chi connectivity index (χ2v) is 13.2. The number of carbonyl (C=O) groups excluding carboxylic acids is 2. The number of nitrogens with one attached hydrogen (secondary N) is 3. The van der Waals surface area contributed by atoms with Crippen LogP contribution in [0, 0.1) is 11.3 Å². The molecule has 0 fully saturated rings. The lowest BCUT2D eigenvalue weighted by atomic mass is 10.1. The summed E-state index contributed by atoms with van der Waals surface area (Å²) in [6, 6.07) is 17.5. The zero-order valence-corrected chi connectivity index (χ0v) is 29.9. The van der Waals surface area contributed by atoms with Gasteiger partial charge in [-0.05, 0) is 67.4 Å². The summed E-state index contributed by atoms with van der Waals surface area (Å²) >= 11 is 0. The van der Waals surface area contributed by atoms with E-state index in [-0.39, 0.29) is 18.3 Å². The summed E-state index contributed by atoms with van der Waals surface area (Å²) < 4.78 is 33.0. The Morgan fingerprint density at radius 3 is 2.31 bits per heavy atom. The molecule has 15 nitrogen and oxygen atoms in total. The standard InChI is InChI=1S/C34H41N7O5.CH4O3S/c1-4-6-7-10-19-46-34(45)39-31(35)24-12-15-26(16-13-24)37-21-30-38-27-20-25(14-17-28(27)40(30)3)32(42)41(22-23(5-2)33(43)44)29-11-8-9-18-36-29;1-5(2,3)4/h8-9,11-18,20,23,37H,4-7,10,19,21-22H2,1-3H3,(H,43,44)(H2,35,39,45);1H3,(H,2,3,4). The van der Waals surface area contributed by atoms with E-state index in [1.54, 1.807) is 55.6 Å². The van der Waals surface area contributed by atoms with Crippen molar-refractivity contribution in [1.29, 1.82) is 5.41 Å². The predicted octanol–water partition coefficient (Wildman–Crippen LogP) is 5.47. The lowest BCUT2D eigenvalue weighted by molar-refractivity contribution is -0.141. The fraction of sp³-hybridized carbons (Fsp3) is 0.371. The highest BCUT2D eigenvalue weighted by atomic mass is 32.2. The largest absolute Gasteiger partial charge is 0.481 e. The highest BCUT2D eigenvalue weighted by Crippen LogP contribution is 2.22. The number of aryl methyl sites for hydroxylation is 1. The third-order valence-electron chi connectivity index (χ3n) is 7.72. The van der Waals surface area contributed by atoms with Crippen LogP contribution in [-0.2, 0) is 33.2 Å². The minimum atomic E-state index is -3.67. The summed E-state index contributed by atoms with van der Waals surface area (Å²) in [7, 11) is -1.77. The number of hydrogen-bond donors (Lipinski definition) is 5. The molecule has 0 aliphatic heterocycles. The number of carboxylic acid groups (broad SMARTS) is 1. The molecule has 0 saturated carbocycles. The highest BCUT2D eigenvalue weighted by Gasteiger charge is 2.26. The number of amidine groups is 1. The van der Waals surface area contributed by atoms with Crippen LogP contribution in [0.3, 0.4) is 0 Å². The number of alkyl carbamates (subject to hydrolysis) is 1. The molecule has 2 aromatic carbocycles. The topological polar surface area (TPSA) is 217 Å². The number of imidazole rings is 1. The number of ether oxygens (including phenoxy) is 1. The van der Waals surface area contributed by atoms with Gasteiger partial charge in [-0.25, -0.2) is 14.8 Å². The first-order valence-electron chi connectivity index (χ1n) is 16.4. The lowest BCUT2D eigenvalue weighted by Gasteiger charge is -2.24. The molecule has 0 saturated heterocycles. The van der Waals surface area contributed by atoms with E-state index in [0.29, 0.717) is 48.3 Å². The van der Waals surface area contributed by atoms with Crippen LogP contribution in [0.25, 0.3) is 11.0 Å². The number of nitrogens with zero attached hydrogens (tertiary/aromatic N) is 4. The SMILES string of the molecule is CCCCCCOC(=O)NC(=N)c1ccc(NCc2nc3cc(C(=O)N(CC(CC)C(=O)O)c4ccccn4)ccc3n2C)cc1.CS(=O)(=O)O. The highest BCUT2D eigenvalue weighted by molar-refractivity contribution is 7.85. The number of anilines is 2. The smallest absolute Gasteiger partial charge is 0.412 e. The van der Waals surface area contributed by atoms with Crippen LogP contribution in [0.5, 0.6) is 0 Å². The van der Waals surface area contributed by atoms with Crippen molar-refractivity contribution in [2.24, 2.45) is 13.0 Å². The number of benzene rings is 2. The van der Waals surface area contributed by atoms with Crippen LogP contribution >= 0.6 is 0 Å². The summed E-state index contributed by atoms with van der Waals surface area (Å²) in [5, 5.41) is 23.6. The molecule has 2 aromatic heterocycles. The van der Waals surface area contributed by atoms with Gasteiger partial charge >= 0.3 is 12.1 Å². The van der Waals surface area contributed by atoms with Crippen molar-refractivity contribution in [3.63, 3.8) is 0 Å². The molecule has 274 valence electrons. The molecule has 16 heteroatoms. The van der Waals surface area contributed by atoms with Crippen molar-refractivity contribution in [2.75, 3.05) is 29.6 Å². The van der Waals surface area contributed by atoms with Gasteiger partial charge in [0.1, 0.15) is 17.5 Å². The molecule has 0 aliphatic rings. The van der Waals surface area contributed by atoms with Gasteiger partial charge in [0.25, 0.3) is 16.0 Å². The van der Waals surface area contributed by atoms with Crippen LogP contribution in [0.15, 0.2) is 66.9 Å². The first kappa shape index (κ1) is 40.1. The molecule has 0 bridgehead atoms. The van der Waals surface area contributed by atoms with E-state index < -0.39 is 28.1 Å². The normalized spacial score (nSPS) is 11.5. The number of rotatable bonds is 15. The minimum absolute atomic E-state index is 0.00532. The molecule has 51 heavy (non-hydrogen) atoms. The third kappa shape index (κ3) is 12.8. The third-order valence-corrected chi connectivity index (χ3v) is 7.72. The number of hydrogen-bond acceptors (Lipinski definition) is 10. The van der Waals surface area contributed by atoms with Gasteiger partial charge < -0.3 is 19.7 Å². The van der Waals surface area contributed by atoms with Crippen molar-refractivity contribution in [3.8, 4) is 0 Å². The molecule has 4 rings (SSSR count). The number of carboxylic acids is 1. The number of aromatic nitrogens is 3. The lowest BCUT2D eigenvalue weighted by Crippen LogP contribution is -2.38. The maximum atomic E-state index is 13.7. The molecular formula is C35H45N7O8S. The van der Waals surface area contributed by atoms with E-state index in [9.17, 15) is 27.9 Å². The van der Waals surface area contributed by atoms with E-state index in [4.69, 9.17) is 19.7 Å². The van der Waals surface area contributed by atoms with Crippen molar-refractivity contribution >= 4 is 56.5 Å². The van der Waals surface area contributed by atoms with Gasteiger partial charge in [-0.1, -0.05) is 39.2 Å². The monoisotopic (exact) mass is 723 g/mol. The molecule has 2 amide bonds. The second kappa shape index (κ2) is 19.2. The van der Waals surface area contributed by atoms with E-state index in [0.717, 1.165) is 42.7 Å². The van der Waals surface area contributed by atoms with Gasteiger partial charge in [0.2, 0.25) is 0 Å². The molecule has 2 heterocycles. The van der Waals surface area contributed by atoms with Gasteiger partial charge in [0.15, 0.2) is 0 Å². The maximum absolute atomic E-state index is 13.7. The van der Waals surface area contributed by atoms with Crippen LogP contribution < -0.4 is 15.5 Å². The average molecular weight is 724 g/mol. The average Bonchev–Trinajstić information content (AvgIpc) is 3.41. The zero-order valence-electron chi connectivity index (χ0n) is 29.1. The number of fused-ring (bicyclic) bond motifs is 1. The Hall–Kier alpha value is -5.35. The maximum Gasteiger partial charge on any atom is 0.412 e. The Morgan fingerprint density at radius 2 is 1.71 bits per heavy atom. The summed E-state index contributed by atoms with van der Waals surface area (Å²) in [4.78, 5) is 47.9. The summed E-state index contributed by atoms with van der Waals surface area (Å²) in [6.45, 7) is 4.62.